The van der Waals surface area contributed by atoms with Gasteiger partial charge in [0.15, 0.2) is 0 Å². The molecule has 1 aliphatic heterocycles. The lowest BCUT2D eigenvalue weighted by Crippen LogP contribution is -2.40. The zero-order valence-corrected chi connectivity index (χ0v) is 11.2. The first kappa shape index (κ1) is 12.4. The second-order valence-corrected chi connectivity index (χ2v) is 5.55. The van der Waals surface area contributed by atoms with Crippen molar-refractivity contribution in [2.45, 2.75) is 45.7 Å². The molecule has 1 aromatic carbocycles. The molecule has 0 saturated carbocycles. The molecule has 0 bridgehead atoms. The lowest BCUT2D eigenvalue weighted by molar-refractivity contribution is 0.378. The molecule has 1 heterocycles. The Morgan fingerprint density at radius 3 is 2.41 bits per heavy atom. The van der Waals surface area contributed by atoms with Crippen LogP contribution in [0.15, 0.2) is 24.3 Å². The van der Waals surface area contributed by atoms with Crippen LogP contribution in [-0.4, -0.2) is 12.6 Å². The highest BCUT2D eigenvalue weighted by atomic mass is 15.2. The number of hydrogen-bond donors (Lipinski definition) is 1. The molecule has 1 aromatic rings. The minimum absolute atomic E-state index is 0.128. The van der Waals surface area contributed by atoms with Gasteiger partial charge in [0.05, 0.1) is 0 Å². The fourth-order valence-corrected chi connectivity index (χ4v) is 2.76. The summed E-state index contributed by atoms with van der Waals surface area (Å²) in [4.78, 5) is 2.52. The van der Waals surface area contributed by atoms with Crippen molar-refractivity contribution in [1.29, 1.82) is 0 Å². The minimum atomic E-state index is 0.128. The van der Waals surface area contributed by atoms with Crippen LogP contribution in [0.4, 0.5) is 5.69 Å². The van der Waals surface area contributed by atoms with Crippen LogP contribution in [0, 0.1) is 5.92 Å². The summed E-state index contributed by atoms with van der Waals surface area (Å²) in [5.41, 5.74) is 8.43. The van der Waals surface area contributed by atoms with Crippen molar-refractivity contribution >= 4 is 5.69 Å². The van der Waals surface area contributed by atoms with Crippen molar-refractivity contribution in [3.63, 3.8) is 0 Å². The van der Waals surface area contributed by atoms with Crippen LogP contribution < -0.4 is 10.6 Å². The molecule has 2 N–H and O–H groups in total. The van der Waals surface area contributed by atoms with Gasteiger partial charge in [0.2, 0.25) is 0 Å². The Kier molecular flexibility index (Phi) is 3.72. The van der Waals surface area contributed by atoms with Gasteiger partial charge in [-0.1, -0.05) is 19.1 Å². The molecule has 0 aromatic heterocycles. The molecular formula is C15H24N2. The maximum absolute atomic E-state index is 5.87. The molecule has 0 radical (unpaired) electrons. The molecule has 0 amide bonds. The zero-order valence-electron chi connectivity index (χ0n) is 11.2. The molecule has 3 unspecified atom stereocenters. The van der Waals surface area contributed by atoms with Crippen LogP contribution in [0.5, 0.6) is 0 Å². The summed E-state index contributed by atoms with van der Waals surface area (Å²) < 4.78 is 0. The Labute approximate surface area is 105 Å². The molecule has 94 valence electrons. The second-order valence-electron chi connectivity index (χ2n) is 5.55. The molecule has 1 aliphatic rings. The van der Waals surface area contributed by atoms with E-state index in [1.807, 2.05) is 6.92 Å². The van der Waals surface area contributed by atoms with Crippen LogP contribution in [0.2, 0.25) is 0 Å². The third-order valence-corrected chi connectivity index (χ3v) is 3.89. The van der Waals surface area contributed by atoms with Gasteiger partial charge in [0.25, 0.3) is 0 Å². The first-order valence-electron chi connectivity index (χ1n) is 6.70. The van der Waals surface area contributed by atoms with E-state index in [1.54, 1.807) is 0 Å². The fourth-order valence-electron chi connectivity index (χ4n) is 2.76. The van der Waals surface area contributed by atoms with Crippen LogP contribution in [-0.2, 0) is 0 Å². The standard InChI is InChI=1S/C15H24N2/c1-11-8-9-17(12(2)10-11)15-6-4-14(5-7-15)13(3)16/h4-7,11-13H,8-10,16H2,1-3H3. The second kappa shape index (κ2) is 5.09. The van der Waals surface area contributed by atoms with Crippen molar-refractivity contribution in [3.8, 4) is 0 Å². The van der Waals surface area contributed by atoms with Crippen molar-refractivity contribution < 1.29 is 0 Å². The third-order valence-electron chi connectivity index (χ3n) is 3.89. The largest absolute Gasteiger partial charge is 0.369 e. The van der Waals surface area contributed by atoms with E-state index < -0.39 is 0 Å². The predicted octanol–water partition coefficient (Wildman–Crippen LogP) is 3.33. The van der Waals surface area contributed by atoms with Crippen LogP contribution in [0.25, 0.3) is 0 Å². The van der Waals surface area contributed by atoms with Gasteiger partial charge >= 0.3 is 0 Å². The van der Waals surface area contributed by atoms with Gasteiger partial charge in [0.1, 0.15) is 0 Å². The summed E-state index contributed by atoms with van der Waals surface area (Å²) in [7, 11) is 0. The number of nitrogens with two attached hydrogens (primary N) is 1. The number of nitrogens with zero attached hydrogens (tertiary/aromatic N) is 1. The average Bonchev–Trinajstić information content (AvgIpc) is 2.29. The first-order valence-corrected chi connectivity index (χ1v) is 6.70. The third kappa shape index (κ3) is 2.81. The van der Waals surface area contributed by atoms with Crippen molar-refractivity contribution in [2.24, 2.45) is 11.7 Å². The fraction of sp³-hybridized carbons (Fsp3) is 0.600. The van der Waals surface area contributed by atoms with Gasteiger partial charge in [-0.3, -0.25) is 0 Å². The lowest BCUT2D eigenvalue weighted by Gasteiger charge is -2.38. The van der Waals surface area contributed by atoms with E-state index >= 15 is 0 Å². The van der Waals surface area contributed by atoms with Crippen molar-refractivity contribution in [2.75, 3.05) is 11.4 Å². The smallest absolute Gasteiger partial charge is 0.0368 e. The van der Waals surface area contributed by atoms with Crippen LogP contribution >= 0.6 is 0 Å². The topological polar surface area (TPSA) is 29.3 Å². The van der Waals surface area contributed by atoms with E-state index in [-0.39, 0.29) is 6.04 Å². The van der Waals surface area contributed by atoms with E-state index in [2.05, 4.69) is 43.0 Å². The molecule has 2 heteroatoms. The highest BCUT2D eigenvalue weighted by molar-refractivity contribution is 5.49. The van der Waals surface area contributed by atoms with E-state index in [4.69, 9.17) is 5.73 Å². The zero-order chi connectivity index (χ0) is 12.4. The van der Waals surface area contributed by atoms with E-state index in [0.29, 0.717) is 6.04 Å². The van der Waals surface area contributed by atoms with Gasteiger partial charge in [-0.25, -0.2) is 0 Å². The number of benzene rings is 1. The summed E-state index contributed by atoms with van der Waals surface area (Å²) in [6, 6.07) is 9.52. The van der Waals surface area contributed by atoms with Gasteiger partial charge in [-0.05, 0) is 50.3 Å². The molecule has 2 rings (SSSR count). The normalized spacial score (nSPS) is 26.9. The number of piperidine rings is 1. The molecule has 0 spiro atoms. The Morgan fingerprint density at radius 1 is 1.24 bits per heavy atom. The summed E-state index contributed by atoms with van der Waals surface area (Å²) >= 11 is 0. The molecule has 1 saturated heterocycles. The SMILES string of the molecule is CC1CCN(c2ccc(C(C)N)cc2)C(C)C1. The predicted molar refractivity (Wildman–Crippen MR) is 74.3 cm³/mol. The van der Waals surface area contributed by atoms with Gasteiger partial charge in [0, 0.05) is 24.3 Å². The van der Waals surface area contributed by atoms with E-state index in [9.17, 15) is 0 Å². The molecule has 2 nitrogen and oxygen atoms in total. The average molecular weight is 232 g/mol. The quantitative estimate of drug-likeness (QED) is 0.847. The Bertz CT molecular complexity index is 356. The molecular weight excluding hydrogens is 208 g/mol. The number of anilines is 1. The van der Waals surface area contributed by atoms with Crippen LogP contribution in [0.1, 0.15) is 45.2 Å². The lowest BCUT2D eigenvalue weighted by atomic mass is 9.93. The Hall–Kier alpha value is -1.02. The summed E-state index contributed by atoms with van der Waals surface area (Å²) in [6.45, 7) is 7.89. The highest BCUT2D eigenvalue weighted by Crippen LogP contribution is 2.28. The van der Waals surface area contributed by atoms with E-state index in [0.717, 1.165) is 5.92 Å². The minimum Gasteiger partial charge on any atom is -0.369 e. The molecule has 0 aliphatic carbocycles. The van der Waals surface area contributed by atoms with Gasteiger partial charge < -0.3 is 10.6 Å². The maximum atomic E-state index is 5.87. The van der Waals surface area contributed by atoms with E-state index in [1.165, 1.54) is 30.6 Å². The Morgan fingerprint density at radius 2 is 1.88 bits per heavy atom. The van der Waals surface area contributed by atoms with Gasteiger partial charge in [-0.2, -0.15) is 0 Å². The highest BCUT2D eigenvalue weighted by Gasteiger charge is 2.22. The van der Waals surface area contributed by atoms with Gasteiger partial charge in [-0.15, -0.1) is 0 Å². The summed E-state index contributed by atoms with van der Waals surface area (Å²) in [5.74, 6) is 0.865. The van der Waals surface area contributed by atoms with Crippen molar-refractivity contribution in [3.05, 3.63) is 29.8 Å². The first-order chi connectivity index (χ1) is 8.08. The summed E-state index contributed by atoms with van der Waals surface area (Å²) in [5, 5.41) is 0. The summed E-state index contributed by atoms with van der Waals surface area (Å²) in [6.07, 6.45) is 2.61. The molecule has 1 fully saturated rings. The number of rotatable bonds is 2. The van der Waals surface area contributed by atoms with Crippen molar-refractivity contribution in [1.82, 2.24) is 0 Å². The van der Waals surface area contributed by atoms with Crippen LogP contribution in [0.3, 0.4) is 0 Å². The molecule has 3 atom stereocenters. The maximum Gasteiger partial charge on any atom is 0.0368 e. The Balaban J connectivity index is 2.11. The molecule has 17 heavy (non-hydrogen) atoms. The monoisotopic (exact) mass is 232 g/mol. The number of hydrogen-bond acceptors (Lipinski definition) is 2.